The van der Waals surface area contributed by atoms with Crippen LogP contribution in [-0.2, 0) is 6.42 Å². The molecular weight excluding hydrogens is 381 g/mol. The summed E-state index contributed by atoms with van der Waals surface area (Å²) in [5.41, 5.74) is 2.67. The van der Waals surface area contributed by atoms with E-state index in [9.17, 15) is 0 Å². The van der Waals surface area contributed by atoms with Crippen molar-refractivity contribution in [1.82, 2.24) is 5.32 Å². The molecule has 20 heavy (non-hydrogen) atoms. The maximum Gasteiger partial charge on any atom is 0.0542 e. The normalized spacial score (nSPS) is 12.3. The van der Waals surface area contributed by atoms with Crippen LogP contribution in [0.2, 0.25) is 5.02 Å². The molecule has 0 aliphatic rings. The minimum absolute atomic E-state index is 0.369. The highest BCUT2D eigenvalue weighted by atomic mass is 127. The molecule has 1 N–H and O–H groups in total. The SMILES string of the molecule is CNC(CCCc1ccccc1)c1ccc(I)c(Cl)c1. The monoisotopic (exact) mass is 399 g/mol. The Kier molecular flexibility index (Phi) is 6.33. The second kappa shape index (κ2) is 8.01. The topological polar surface area (TPSA) is 12.0 Å². The third kappa shape index (κ3) is 4.47. The van der Waals surface area contributed by atoms with E-state index in [-0.39, 0.29) is 0 Å². The average Bonchev–Trinajstić information content (AvgIpc) is 2.48. The Hall–Kier alpha value is -0.580. The maximum atomic E-state index is 6.21. The summed E-state index contributed by atoms with van der Waals surface area (Å²) in [7, 11) is 2.01. The van der Waals surface area contributed by atoms with Crippen LogP contribution in [0.15, 0.2) is 48.5 Å². The van der Waals surface area contributed by atoms with Gasteiger partial charge < -0.3 is 5.32 Å². The number of nitrogens with one attached hydrogen (secondary N) is 1. The summed E-state index contributed by atoms with van der Waals surface area (Å²) in [6, 6.07) is 17.3. The lowest BCUT2D eigenvalue weighted by atomic mass is 9.99. The molecule has 1 nitrogen and oxygen atoms in total. The molecule has 0 saturated carbocycles. The summed E-state index contributed by atoms with van der Waals surface area (Å²) in [5.74, 6) is 0. The van der Waals surface area contributed by atoms with Gasteiger partial charge in [-0.25, -0.2) is 0 Å². The van der Waals surface area contributed by atoms with E-state index >= 15 is 0 Å². The Bertz CT molecular complexity index is 542. The molecule has 2 aromatic rings. The highest BCUT2D eigenvalue weighted by molar-refractivity contribution is 14.1. The largest absolute Gasteiger partial charge is 0.313 e. The lowest BCUT2D eigenvalue weighted by Gasteiger charge is -2.17. The molecule has 0 saturated heterocycles. The third-order valence-electron chi connectivity index (χ3n) is 3.50. The van der Waals surface area contributed by atoms with E-state index in [1.807, 2.05) is 7.05 Å². The van der Waals surface area contributed by atoms with Gasteiger partial charge in [0.15, 0.2) is 0 Å². The highest BCUT2D eigenvalue weighted by Gasteiger charge is 2.10. The summed E-state index contributed by atoms with van der Waals surface area (Å²) in [6.45, 7) is 0. The molecule has 0 bridgehead atoms. The fourth-order valence-corrected chi connectivity index (χ4v) is 2.89. The molecule has 1 atom stereocenters. The second-order valence-corrected chi connectivity index (χ2v) is 6.46. The number of hydrogen-bond donors (Lipinski definition) is 1. The summed E-state index contributed by atoms with van der Waals surface area (Å²) in [4.78, 5) is 0. The van der Waals surface area contributed by atoms with E-state index in [0.717, 1.165) is 21.4 Å². The van der Waals surface area contributed by atoms with Crippen molar-refractivity contribution in [3.63, 3.8) is 0 Å². The van der Waals surface area contributed by atoms with Crippen LogP contribution in [-0.4, -0.2) is 7.05 Å². The van der Waals surface area contributed by atoms with Crippen LogP contribution in [0.5, 0.6) is 0 Å². The molecule has 0 amide bonds. The number of benzene rings is 2. The zero-order valence-corrected chi connectivity index (χ0v) is 14.5. The van der Waals surface area contributed by atoms with Crippen molar-refractivity contribution in [2.75, 3.05) is 7.05 Å². The van der Waals surface area contributed by atoms with Crippen molar-refractivity contribution >= 4 is 34.2 Å². The summed E-state index contributed by atoms with van der Waals surface area (Å²) < 4.78 is 1.10. The second-order valence-electron chi connectivity index (χ2n) is 4.89. The Morgan fingerprint density at radius 1 is 1.15 bits per heavy atom. The molecule has 0 spiro atoms. The van der Waals surface area contributed by atoms with Crippen molar-refractivity contribution in [2.24, 2.45) is 0 Å². The first-order valence-electron chi connectivity index (χ1n) is 6.87. The zero-order valence-electron chi connectivity index (χ0n) is 11.6. The van der Waals surface area contributed by atoms with Gasteiger partial charge in [-0.3, -0.25) is 0 Å². The summed E-state index contributed by atoms with van der Waals surface area (Å²) in [6.07, 6.45) is 3.40. The van der Waals surface area contributed by atoms with Crippen molar-refractivity contribution < 1.29 is 0 Å². The highest BCUT2D eigenvalue weighted by Crippen LogP contribution is 2.25. The van der Waals surface area contributed by atoms with Gasteiger partial charge in [0.05, 0.1) is 5.02 Å². The zero-order chi connectivity index (χ0) is 14.4. The van der Waals surface area contributed by atoms with Gasteiger partial charge in [-0.15, -0.1) is 0 Å². The molecule has 0 heterocycles. The first kappa shape index (κ1) is 15.8. The molecule has 0 aliphatic carbocycles. The van der Waals surface area contributed by atoms with E-state index in [0.29, 0.717) is 6.04 Å². The lowest BCUT2D eigenvalue weighted by molar-refractivity contribution is 0.527. The van der Waals surface area contributed by atoms with Gasteiger partial charge in [0.25, 0.3) is 0 Å². The van der Waals surface area contributed by atoms with Gasteiger partial charge in [0.2, 0.25) is 0 Å². The number of aryl methyl sites for hydroxylation is 1. The van der Waals surface area contributed by atoms with Crippen LogP contribution in [0.3, 0.4) is 0 Å². The Morgan fingerprint density at radius 3 is 2.55 bits per heavy atom. The molecular formula is C17H19ClIN. The smallest absolute Gasteiger partial charge is 0.0542 e. The molecule has 2 aromatic carbocycles. The van der Waals surface area contributed by atoms with Crippen molar-refractivity contribution in [3.8, 4) is 0 Å². The third-order valence-corrected chi connectivity index (χ3v) is 5.07. The van der Waals surface area contributed by atoms with Crippen LogP contribution < -0.4 is 5.32 Å². The Morgan fingerprint density at radius 2 is 1.90 bits per heavy atom. The van der Waals surface area contributed by atoms with E-state index in [1.165, 1.54) is 17.5 Å². The van der Waals surface area contributed by atoms with Gasteiger partial charge in [-0.1, -0.05) is 48.0 Å². The fourth-order valence-electron chi connectivity index (χ4n) is 2.36. The molecule has 3 heteroatoms. The van der Waals surface area contributed by atoms with Gasteiger partial charge in [-0.05, 0) is 72.2 Å². The Labute approximate surface area is 139 Å². The van der Waals surface area contributed by atoms with Crippen molar-refractivity contribution in [1.29, 1.82) is 0 Å². The average molecular weight is 400 g/mol. The van der Waals surface area contributed by atoms with Crippen molar-refractivity contribution in [2.45, 2.75) is 25.3 Å². The molecule has 1 unspecified atom stereocenters. The van der Waals surface area contributed by atoms with Crippen molar-refractivity contribution in [3.05, 3.63) is 68.3 Å². The lowest BCUT2D eigenvalue weighted by Crippen LogP contribution is -2.16. The fraction of sp³-hybridized carbons (Fsp3) is 0.294. The van der Waals surface area contributed by atoms with Crippen LogP contribution in [0, 0.1) is 3.57 Å². The Balaban J connectivity index is 1.93. The van der Waals surface area contributed by atoms with Crippen LogP contribution in [0.1, 0.15) is 30.0 Å². The van der Waals surface area contributed by atoms with E-state index in [1.54, 1.807) is 0 Å². The quantitative estimate of drug-likeness (QED) is 0.656. The first-order valence-corrected chi connectivity index (χ1v) is 8.32. The number of rotatable bonds is 6. The molecule has 0 fully saturated rings. The van der Waals surface area contributed by atoms with Gasteiger partial charge >= 0.3 is 0 Å². The predicted octanol–water partition coefficient (Wildman–Crippen LogP) is 5.23. The molecule has 106 valence electrons. The standard InChI is InChI=1S/C17H19ClIN/c1-20-17(14-10-11-16(19)15(18)12-14)9-5-8-13-6-3-2-4-7-13/h2-4,6-7,10-12,17,20H,5,8-9H2,1H3. The molecule has 0 aromatic heterocycles. The van der Waals surface area contributed by atoms with E-state index < -0.39 is 0 Å². The van der Waals surface area contributed by atoms with Crippen LogP contribution >= 0.6 is 34.2 Å². The number of halogens is 2. The summed E-state index contributed by atoms with van der Waals surface area (Å²) >= 11 is 8.47. The summed E-state index contributed by atoms with van der Waals surface area (Å²) in [5, 5.41) is 4.23. The minimum atomic E-state index is 0.369. The van der Waals surface area contributed by atoms with Crippen LogP contribution in [0.25, 0.3) is 0 Å². The molecule has 0 aliphatic heterocycles. The minimum Gasteiger partial charge on any atom is -0.313 e. The maximum absolute atomic E-state index is 6.21. The van der Waals surface area contributed by atoms with Gasteiger partial charge in [0.1, 0.15) is 0 Å². The van der Waals surface area contributed by atoms with Gasteiger partial charge in [0, 0.05) is 9.61 Å². The van der Waals surface area contributed by atoms with Crippen LogP contribution in [0.4, 0.5) is 0 Å². The first-order chi connectivity index (χ1) is 9.70. The van der Waals surface area contributed by atoms with E-state index in [4.69, 9.17) is 11.6 Å². The molecule has 0 radical (unpaired) electrons. The number of hydrogen-bond acceptors (Lipinski definition) is 1. The van der Waals surface area contributed by atoms with Gasteiger partial charge in [-0.2, -0.15) is 0 Å². The predicted molar refractivity (Wildman–Crippen MR) is 95.3 cm³/mol. The molecule has 2 rings (SSSR count). The van der Waals surface area contributed by atoms with E-state index in [2.05, 4.69) is 76.4 Å².